The first kappa shape index (κ1) is 11.2. The van der Waals surface area contributed by atoms with Gasteiger partial charge in [0.15, 0.2) is 0 Å². The number of hydrogen-bond donors (Lipinski definition) is 1. The number of methoxy groups -OCH3 is 1. The van der Waals surface area contributed by atoms with Crippen LogP contribution in [0, 0.1) is 0 Å². The minimum atomic E-state index is -0.0334. The molecule has 0 spiro atoms. The molecule has 0 fully saturated rings. The van der Waals surface area contributed by atoms with Crippen LogP contribution >= 0.6 is 0 Å². The molecule has 0 unspecified atom stereocenters. The SMILES string of the molecule is CCCNC(=O)N(C)CCOC. The van der Waals surface area contributed by atoms with Crippen LogP contribution in [0.25, 0.3) is 0 Å². The predicted molar refractivity (Wildman–Crippen MR) is 48.2 cm³/mol. The van der Waals surface area contributed by atoms with Gasteiger partial charge < -0.3 is 15.0 Å². The van der Waals surface area contributed by atoms with E-state index in [1.807, 2.05) is 6.92 Å². The molecular weight excluding hydrogens is 156 g/mol. The van der Waals surface area contributed by atoms with Crippen LogP contribution in [-0.4, -0.2) is 44.8 Å². The zero-order valence-electron chi connectivity index (χ0n) is 8.09. The Kier molecular flexibility index (Phi) is 6.47. The highest BCUT2D eigenvalue weighted by molar-refractivity contribution is 5.73. The molecule has 2 amide bonds. The minimum Gasteiger partial charge on any atom is -0.383 e. The minimum absolute atomic E-state index is 0.0334. The first-order valence-corrected chi connectivity index (χ1v) is 4.20. The number of hydrogen-bond acceptors (Lipinski definition) is 2. The first-order valence-electron chi connectivity index (χ1n) is 4.20. The van der Waals surface area contributed by atoms with Crippen molar-refractivity contribution in [1.82, 2.24) is 10.2 Å². The number of amides is 2. The Hall–Kier alpha value is -0.770. The number of urea groups is 1. The van der Waals surface area contributed by atoms with E-state index in [9.17, 15) is 4.79 Å². The molecule has 0 aromatic rings. The molecule has 72 valence electrons. The highest BCUT2D eigenvalue weighted by Gasteiger charge is 2.05. The predicted octanol–water partition coefficient (Wildman–Crippen LogP) is 0.684. The average molecular weight is 174 g/mol. The third kappa shape index (κ3) is 4.96. The quantitative estimate of drug-likeness (QED) is 0.666. The lowest BCUT2D eigenvalue weighted by Crippen LogP contribution is -2.39. The van der Waals surface area contributed by atoms with Crippen LogP contribution < -0.4 is 5.32 Å². The van der Waals surface area contributed by atoms with Crippen LogP contribution in [0.4, 0.5) is 4.79 Å². The summed E-state index contributed by atoms with van der Waals surface area (Å²) in [6.45, 7) is 3.97. The molecule has 12 heavy (non-hydrogen) atoms. The second-order valence-corrected chi connectivity index (χ2v) is 2.65. The van der Waals surface area contributed by atoms with Gasteiger partial charge in [0.1, 0.15) is 0 Å². The second kappa shape index (κ2) is 6.91. The van der Waals surface area contributed by atoms with Gasteiger partial charge in [0.25, 0.3) is 0 Å². The van der Waals surface area contributed by atoms with Gasteiger partial charge in [-0.25, -0.2) is 4.79 Å². The average Bonchev–Trinajstić information content (AvgIpc) is 2.10. The Morgan fingerprint density at radius 3 is 2.75 bits per heavy atom. The van der Waals surface area contributed by atoms with Crippen LogP contribution in [-0.2, 0) is 4.74 Å². The molecule has 0 rings (SSSR count). The normalized spacial score (nSPS) is 9.58. The summed E-state index contributed by atoms with van der Waals surface area (Å²) in [6.07, 6.45) is 0.962. The van der Waals surface area contributed by atoms with Crippen molar-refractivity contribution in [3.05, 3.63) is 0 Å². The zero-order valence-corrected chi connectivity index (χ0v) is 8.09. The fourth-order valence-electron chi connectivity index (χ4n) is 0.697. The van der Waals surface area contributed by atoms with Crippen molar-refractivity contribution >= 4 is 6.03 Å². The van der Waals surface area contributed by atoms with Gasteiger partial charge in [0.2, 0.25) is 0 Å². The van der Waals surface area contributed by atoms with Crippen molar-refractivity contribution in [2.24, 2.45) is 0 Å². The maximum Gasteiger partial charge on any atom is 0.317 e. The number of likely N-dealkylation sites (N-methyl/N-ethyl adjacent to an activating group) is 1. The number of rotatable bonds is 5. The summed E-state index contributed by atoms with van der Waals surface area (Å²) >= 11 is 0. The Morgan fingerprint density at radius 2 is 2.25 bits per heavy atom. The van der Waals surface area contributed by atoms with Crippen molar-refractivity contribution in [1.29, 1.82) is 0 Å². The Balaban J connectivity index is 3.47. The summed E-state index contributed by atoms with van der Waals surface area (Å²) in [5, 5.41) is 2.77. The molecule has 0 aliphatic rings. The van der Waals surface area contributed by atoms with E-state index in [0.29, 0.717) is 13.2 Å². The monoisotopic (exact) mass is 174 g/mol. The van der Waals surface area contributed by atoms with Gasteiger partial charge in [-0.2, -0.15) is 0 Å². The van der Waals surface area contributed by atoms with Crippen molar-refractivity contribution in [2.75, 3.05) is 33.9 Å². The van der Waals surface area contributed by atoms with Crippen LogP contribution in [0.2, 0.25) is 0 Å². The Bertz CT molecular complexity index is 128. The van der Waals surface area contributed by atoms with Crippen LogP contribution in [0.5, 0.6) is 0 Å². The molecule has 0 aliphatic carbocycles. The Labute approximate surface area is 73.9 Å². The lowest BCUT2D eigenvalue weighted by Gasteiger charge is -2.16. The lowest BCUT2D eigenvalue weighted by molar-refractivity contribution is 0.159. The number of carbonyl (C=O) groups excluding carboxylic acids is 1. The standard InChI is InChI=1S/C8H18N2O2/c1-4-5-9-8(11)10(2)6-7-12-3/h4-7H2,1-3H3,(H,9,11). The topological polar surface area (TPSA) is 41.6 Å². The summed E-state index contributed by atoms with van der Waals surface area (Å²) in [7, 11) is 3.38. The fourth-order valence-corrected chi connectivity index (χ4v) is 0.697. The highest BCUT2D eigenvalue weighted by Crippen LogP contribution is 1.84. The highest BCUT2D eigenvalue weighted by atomic mass is 16.5. The molecule has 0 saturated heterocycles. The molecule has 1 N–H and O–H groups in total. The maximum absolute atomic E-state index is 11.2. The van der Waals surface area contributed by atoms with Crippen molar-refractivity contribution in [3.8, 4) is 0 Å². The second-order valence-electron chi connectivity index (χ2n) is 2.65. The van der Waals surface area contributed by atoms with E-state index < -0.39 is 0 Å². The molecule has 0 aromatic heterocycles. The van der Waals surface area contributed by atoms with Gasteiger partial charge in [-0.05, 0) is 6.42 Å². The molecule has 0 atom stereocenters. The van der Waals surface area contributed by atoms with Crippen molar-refractivity contribution < 1.29 is 9.53 Å². The summed E-state index contributed by atoms with van der Waals surface area (Å²) in [6, 6.07) is -0.0334. The summed E-state index contributed by atoms with van der Waals surface area (Å²) < 4.78 is 4.85. The molecule has 0 aliphatic heterocycles. The van der Waals surface area contributed by atoms with Crippen LogP contribution in [0.15, 0.2) is 0 Å². The zero-order chi connectivity index (χ0) is 9.40. The molecule has 4 nitrogen and oxygen atoms in total. The van der Waals surface area contributed by atoms with E-state index in [4.69, 9.17) is 4.74 Å². The summed E-state index contributed by atoms with van der Waals surface area (Å²) in [5.74, 6) is 0. The lowest BCUT2D eigenvalue weighted by atomic mass is 10.5. The third-order valence-corrected chi connectivity index (χ3v) is 1.50. The van der Waals surface area contributed by atoms with Gasteiger partial charge in [-0.1, -0.05) is 6.92 Å². The van der Waals surface area contributed by atoms with E-state index >= 15 is 0 Å². The molecule has 0 radical (unpaired) electrons. The first-order chi connectivity index (χ1) is 5.72. The van der Waals surface area contributed by atoms with E-state index in [0.717, 1.165) is 13.0 Å². The fraction of sp³-hybridized carbons (Fsp3) is 0.875. The van der Waals surface area contributed by atoms with E-state index in [-0.39, 0.29) is 6.03 Å². The van der Waals surface area contributed by atoms with Gasteiger partial charge in [-0.3, -0.25) is 0 Å². The van der Waals surface area contributed by atoms with Gasteiger partial charge in [0.05, 0.1) is 6.61 Å². The van der Waals surface area contributed by atoms with Gasteiger partial charge in [0, 0.05) is 27.2 Å². The molecular formula is C8H18N2O2. The summed E-state index contributed by atoms with van der Waals surface area (Å²) in [4.78, 5) is 12.8. The Morgan fingerprint density at radius 1 is 1.58 bits per heavy atom. The third-order valence-electron chi connectivity index (χ3n) is 1.50. The molecule has 0 heterocycles. The van der Waals surface area contributed by atoms with Crippen molar-refractivity contribution in [2.45, 2.75) is 13.3 Å². The largest absolute Gasteiger partial charge is 0.383 e. The van der Waals surface area contributed by atoms with Gasteiger partial charge >= 0.3 is 6.03 Å². The van der Waals surface area contributed by atoms with E-state index in [2.05, 4.69) is 5.32 Å². The van der Waals surface area contributed by atoms with Crippen LogP contribution in [0.3, 0.4) is 0 Å². The molecule has 4 heteroatoms. The maximum atomic E-state index is 11.2. The molecule has 0 saturated carbocycles. The van der Waals surface area contributed by atoms with Crippen LogP contribution in [0.1, 0.15) is 13.3 Å². The number of ether oxygens (including phenoxy) is 1. The van der Waals surface area contributed by atoms with E-state index in [1.165, 1.54) is 0 Å². The van der Waals surface area contributed by atoms with Crippen molar-refractivity contribution in [3.63, 3.8) is 0 Å². The molecule has 0 bridgehead atoms. The number of nitrogens with one attached hydrogen (secondary N) is 1. The smallest absolute Gasteiger partial charge is 0.317 e. The van der Waals surface area contributed by atoms with E-state index in [1.54, 1.807) is 19.1 Å². The number of carbonyl (C=O) groups is 1. The number of nitrogens with zero attached hydrogens (tertiary/aromatic N) is 1. The summed E-state index contributed by atoms with van der Waals surface area (Å²) in [5.41, 5.74) is 0. The molecule has 0 aromatic carbocycles. The van der Waals surface area contributed by atoms with Gasteiger partial charge in [-0.15, -0.1) is 0 Å².